The van der Waals surface area contributed by atoms with E-state index in [0.29, 0.717) is 11.6 Å². The Hall–Kier alpha value is -4.85. The predicted octanol–water partition coefficient (Wildman–Crippen LogP) is 8.80. The average molecular weight is 604 g/mol. The molecule has 0 unspecified atom stereocenters. The maximum Gasteiger partial charge on any atom is 0.495 e. The van der Waals surface area contributed by atoms with Gasteiger partial charge >= 0.3 is 7.12 Å². The molecule has 2 aromatic heterocycles. The molecule has 8 rings (SSSR count). The Morgan fingerprint density at radius 1 is 0.630 bits per heavy atom. The number of benzene rings is 4. The van der Waals surface area contributed by atoms with Gasteiger partial charge in [0, 0.05) is 21.9 Å². The molecule has 6 nitrogen and oxygen atoms in total. The lowest BCUT2D eigenvalue weighted by atomic mass is 9.76. The first-order valence-electron chi connectivity index (χ1n) is 15.8. The van der Waals surface area contributed by atoms with Crippen molar-refractivity contribution in [3.05, 3.63) is 115 Å². The second-order valence-electron chi connectivity index (χ2n) is 13.0. The van der Waals surface area contributed by atoms with E-state index >= 15 is 0 Å². The Morgan fingerprint density at radius 3 is 2.07 bits per heavy atom. The fourth-order valence-corrected chi connectivity index (χ4v) is 6.19. The maximum atomic E-state index is 6.46. The number of fused-ring (bicyclic) bond motifs is 3. The van der Waals surface area contributed by atoms with Crippen molar-refractivity contribution in [2.45, 2.75) is 51.7 Å². The van der Waals surface area contributed by atoms with Crippen molar-refractivity contribution in [2.75, 3.05) is 0 Å². The smallest absolute Gasteiger partial charge is 0.456 e. The van der Waals surface area contributed by atoms with Gasteiger partial charge in [0.05, 0.1) is 11.2 Å². The van der Waals surface area contributed by atoms with Gasteiger partial charge in [0.2, 0.25) is 0 Å². The van der Waals surface area contributed by atoms with Crippen molar-refractivity contribution < 1.29 is 13.7 Å². The van der Waals surface area contributed by atoms with Gasteiger partial charge in [0.15, 0.2) is 17.5 Å². The zero-order valence-electron chi connectivity index (χ0n) is 26.5. The molecule has 46 heavy (non-hydrogen) atoms. The van der Waals surface area contributed by atoms with Crippen LogP contribution >= 0.6 is 0 Å². The lowest BCUT2D eigenvalue weighted by Crippen LogP contribution is -2.41. The van der Waals surface area contributed by atoms with Crippen LogP contribution in [0.2, 0.25) is 0 Å². The number of hydrogen-bond acceptors (Lipinski definition) is 6. The van der Waals surface area contributed by atoms with Crippen molar-refractivity contribution in [3.63, 3.8) is 0 Å². The van der Waals surface area contributed by atoms with Crippen LogP contribution in [0.15, 0.2) is 114 Å². The van der Waals surface area contributed by atoms with E-state index in [2.05, 4.69) is 88.4 Å². The van der Waals surface area contributed by atoms with E-state index in [1.54, 1.807) is 0 Å². The first-order valence-corrected chi connectivity index (χ1v) is 15.8. The normalized spacial score (nSPS) is 17.1. The zero-order valence-corrected chi connectivity index (χ0v) is 26.5. The first kappa shape index (κ1) is 28.6. The molecule has 1 saturated heterocycles. The second kappa shape index (κ2) is 10.9. The fourth-order valence-electron chi connectivity index (χ4n) is 6.19. The van der Waals surface area contributed by atoms with Crippen molar-refractivity contribution in [3.8, 4) is 33.9 Å². The van der Waals surface area contributed by atoms with Crippen molar-refractivity contribution in [1.82, 2.24) is 15.0 Å². The van der Waals surface area contributed by atoms with E-state index in [9.17, 15) is 0 Å². The van der Waals surface area contributed by atoms with E-state index in [1.165, 1.54) is 0 Å². The number of furan rings is 1. The SMILES string of the molecule is CC1(C)OB(c2cccc3oc4ccc(-c5cccc(-c6nc(C7=CC=CCC7)nc(-c7ccccc7)n6)c5)cc4c23)OC1(C)C. The predicted molar refractivity (Wildman–Crippen MR) is 185 cm³/mol. The fraction of sp³-hybridized carbons (Fsp3) is 0.205. The first-order chi connectivity index (χ1) is 22.3. The van der Waals surface area contributed by atoms with Crippen LogP contribution in [0.3, 0.4) is 0 Å². The highest BCUT2D eigenvalue weighted by molar-refractivity contribution is 6.66. The topological polar surface area (TPSA) is 70.3 Å². The highest BCUT2D eigenvalue weighted by atomic mass is 16.7. The summed E-state index contributed by atoms with van der Waals surface area (Å²) in [7, 11) is -0.493. The second-order valence-corrected chi connectivity index (χ2v) is 13.0. The molecule has 1 aliphatic heterocycles. The minimum absolute atomic E-state index is 0.440. The number of allylic oxidation sites excluding steroid dienone is 4. The van der Waals surface area contributed by atoms with Gasteiger partial charge in [-0.05, 0) is 87.0 Å². The molecule has 4 aromatic carbocycles. The molecule has 0 atom stereocenters. The average Bonchev–Trinajstić information content (AvgIpc) is 3.57. The number of rotatable bonds is 5. The number of nitrogens with zero attached hydrogens (tertiary/aromatic N) is 3. The van der Waals surface area contributed by atoms with Crippen LogP contribution in [-0.4, -0.2) is 33.3 Å². The van der Waals surface area contributed by atoms with E-state index in [1.807, 2.05) is 48.5 Å². The van der Waals surface area contributed by atoms with Gasteiger partial charge in [-0.1, -0.05) is 85.0 Å². The Balaban J connectivity index is 1.22. The Morgan fingerprint density at radius 2 is 1.30 bits per heavy atom. The van der Waals surface area contributed by atoms with E-state index in [0.717, 1.165) is 73.9 Å². The molecule has 1 aliphatic carbocycles. The summed E-state index contributed by atoms with van der Waals surface area (Å²) in [5.74, 6) is 2.04. The molecule has 6 aromatic rings. The molecule has 3 heterocycles. The van der Waals surface area contributed by atoms with Gasteiger partial charge in [0.25, 0.3) is 0 Å². The van der Waals surface area contributed by atoms with Gasteiger partial charge in [-0.25, -0.2) is 15.0 Å². The third-order valence-electron chi connectivity index (χ3n) is 9.46. The summed E-state index contributed by atoms with van der Waals surface area (Å²) in [6, 6.07) is 30.9. The van der Waals surface area contributed by atoms with E-state index < -0.39 is 18.3 Å². The van der Waals surface area contributed by atoms with Gasteiger partial charge < -0.3 is 13.7 Å². The van der Waals surface area contributed by atoms with Gasteiger partial charge in [0.1, 0.15) is 11.2 Å². The zero-order chi connectivity index (χ0) is 31.5. The highest BCUT2D eigenvalue weighted by Crippen LogP contribution is 2.39. The van der Waals surface area contributed by atoms with Crippen molar-refractivity contribution >= 4 is 40.1 Å². The number of hydrogen-bond donors (Lipinski definition) is 0. The van der Waals surface area contributed by atoms with E-state index in [4.69, 9.17) is 28.7 Å². The summed E-state index contributed by atoms with van der Waals surface area (Å²) in [6.45, 7) is 8.31. The quantitative estimate of drug-likeness (QED) is 0.184. The third kappa shape index (κ3) is 4.96. The Kier molecular flexibility index (Phi) is 6.78. The summed E-state index contributed by atoms with van der Waals surface area (Å²) in [5.41, 5.74) is 6.87. The molecule has 226 valence electrons. The van der Waals surface area contributed by atoms with Crippen LogP contribution in [0, 0.1) is 0 Å². The van der Waals surface area contributed by atoms with Crippen molar-refractivity contribution in [1.29, 1.82) is 0 Å². The van der Waals surface area contributed by atoms with Crippen LogP contribution < -0.4 is 5.46 Å². The molecule has 7 heteroatoms. The molecule has 2 aliphatic rings. The summed E-state index contributed by atoms with van der Waals surface area (Å²) in [5, 5.41) is 2.03. The molecule has 0 amide bonds. The third-order valence-corrected chi connectivity index (χ3v) is 9.46. The minimum atomic E-state index is -0.493. The summed E-state index contributed by atoms with van der Waals surface area (Å²) in [6.07, 6.45) is 8.24. The Labute approximate surface area is 269 Å². The van der Waals surface area contributed by atoms with Crippen LogP contribution in [0.1, 0.15) is 46.4 Å². The van der Waals surface area contributed by atoms with Crippen LogP contribution in [0.5, 0.6) is 0 Å². The molecular weight excluding hydrogens is 569 g/mol. The van der Waals surface area contributed by atoms with Crippen LogP contribution in [-0.2, 0) is 9.31 Å². The highest BCUT2D eigenvalue weighted by Gasteiger charge is 2.52. The molecule has 0 radical (unpaired) electrons. The molecule has 0 N–H and O–H groups in total. The lowest BCUT2D eigenvalue weighted by Gasteiger charge is -2.32. The van der Waals surface area contributed by atoms with Gasteiger partial charge in [-0.2, -0.15) is 0 Å². The van der Waals surface area contributed by atoms with Crippen LogP contribution in [0.4, 0.5) is 0 Å². The van der Waals surface area contributed by atoms with E-state index in [-0.39, 0.29) is 0 Å². The summed E-state index contributed by atoms with van der Waals surface area (Å²) >= 11 is 0. The summed E-state index contributed by atoms with van der Waals surface area (Å²) in [4.78, 5) is 14.8. The van der Waals surface area contributed by atoms with Crippen molar-refractivity contribution in [2.24, 2.45) is 0 Å². The van der Waals surface area contributed by atoms with Crippen LogP contribution in [0.25, 0.3) is 61.4 Å². The number of aromatic nitrogens is 3. The van der Waals surface area contributed by atoms with Gasteiger partial charge in [-0.15, -0.1) is 0 Å². The molecular formula is C39H34BN3O3. The maximum absolute atomic E-state index is 6.46. The minimum Gasteiger partial charge on any atom is -0.456 e. The van der Waals surface area contributed by atoms with Gasteiger partial charge in [-0.3, -0.25) is 0 Å². The monoisotopic (exact) mass is 603 g/mol. The molecule has 1 fully saturated rings. The summed E-state index contributed by atoms with van der Waals surface area (Å²) < 4.78 is 19.2. The molecule has 0 bridgehead atoms. The molecule has 0 spiro atoms. The largest absolute Gasteiger partial charge is 0.495 e. The lowest BCUT2D eigenvalue weighted by molar-refractivity contribution is 0.00578. The standard InChI is InChI=1S/C39H34BN3O3/c1-38(2)39(3,4)46-40(45-38)31-19-12-20-33-34(31)30-24-28(21-22-32(30)44-33)27-17-11-18-29(23-27)37-42-35(25-13-7-5-8-14-25)41-36(43-37)26-15-9-6-10-16-26/h5-9,11-15,17-24H,10,16H2,1-4H3. The Bertz CT molecular complexity index is 2170. The molecule has 0 saturated carbocycles.